The molecule has 2 aromatic heterocycles. The number of fused-ring (bicyclic) bond motifs is 3. The first-order valence-corrected chi connectivity index (χ1v) is 7.84. The second kappa shape index (κ2) is 5.02. The number of anilines is 1. The Kier molecular flexibility index (Phi) is 3.02. The molecule has 1 aliphatic heterocycles. The molecule has 0 unspecified atom stereocenters. The normalized spacial score (nSPS) is 16.9. The highest BCUT2D eigenvalue weighted by atomic mass is 15.2. The van der Waals surface area contributed by atoms with E-state index in [1.54, 1.807) is 0 Å². The molecule has 0 radical (unpaired) electrons. The molecule has 0 saturated carbocycles. The Morgan fingerprint density at radius 3 is 2.71 bits per heavy atom. The summed E-state index contributed by atoms with van der Waals surface area (Å²) in [7, 11) is 0. The Hall–Kier alpha value is -2.10. The minimum absolute atomic E-state index is 0.798. The van der Waals surface area contributed by atoms with E-state index in [2.05, 4.69) is 39.5 Å². The lowest BCUT2D eigenvalue weighted by Gasteiger charge is -2.32. The van der Waals surface area contributed by atoms with Crippen LogP contribution in [0.1, 0.15) is 26.2 Å². The maximum absolute atomic E-state index is 4.76. The topological polar surface area (TPSA) is 33.4 Å². The smallest absolute Gasteiger partial charge is 0.236 e. The molecule has 1 saturated heterocycles. The fourth-order valence-electron chi connectivity index (χ4n) is 3.28. The first-order valence-electron chi connectivity index (χ1n) is 7.84. The van der Waals surface area contributed by atoms with Crippen molar-refractivity contribution in [2.24, 2.45) is 5.92 Å². The number of para-hydroxylation sites is 2. The SMILES string of the molecule is CCC1CCN(c2ccn3c(n2)nc2ccccc23)CC1. The molecule has 1 aliphatic rings. The quantitative estimate of drug-likeness (QED) is 0.720. The molecule has 108 valence electrons. The van der Waals surface area contributed by atoms with Crippen molar-refractivity contribution in [2.75, 3.05) is 18.0 Å². The highest BCUT2D eigenvalue weighted by Gasteiger charge is 2.19. The van der Waals surface area contributed by atoms with Crippen LogP contribution in [0.2, 0.25) is 0 Å². The molecule has 0 spiro atoms. The molecule has 0 amide bonds. The molecular formula is C17H20N4. The minimum Gasteiger partial charge on any atom is -0.356 e. The second-order valence-electron chi connectivity index (χ2n) is 5.89. The van der Waals surface area contributed by atoms with E-state index in [1.807, 2.05) is 18.2 Å². The summed E-state index contributed by atoms with van der Waals surface area (Å²) in [5.74, 6) is 2.75. The second-order valence-corrected chi connectivity index (χ2v) is 5.89. The molecule has 0 atom stereocenters. The van der Waals surface area contributed by atoms with Gasteiger partial charge in [0.1, 0.15) is 5.82 Å². The van der Waals surface area contributed by atoms with Gasteiger partial charge in [0.2, 0.25) is 5.78 Å². The molecule has 1 aromatic carbocycles. The molecule has 21 heavy (non-hydrogen) atoms. The first-order chi connectivity index (χ1) is 10.3. The third-order valence-electron chi connectivity index (χ3n) is 4.68. The van der Waals surface area contributed by atoms with Gasteiger partial charge < -0.3 is 4.90 Å². The number of rotatable bonds is 2. The van der Waals surface area contributed by atoms with Crippen molar-refractivity contribution < 1.29 is 0 Å². The Balaban J connectivity index is 1.69. The predicted molar refractivity (Wildman–Crippen MR) is 85.7 cm³/mol. The van der Waals surface area contributed by atoms with E-state index in [0.717, 1.165) is 41.6 Å². The van der Waals surface area contributed by atoms with Crippen LogP contribution < -0.4 is 4.90 Å². The van der Waals surface area contributed by atoms with Crippen LogP contribution in [0.3, 0.4) is 0 Å². The van der Waals surface area contributed by atoms with Crippen molar-refractivity contribution in [3.63, 3.8) is 0 Å². The maximum Gasteiger partial charge on any atom is 0.236 e. The summed E-state index contributed by atoms with van der Waals surface area (Å²) in [5.41, 5.74) is 2.13. The molecular weight excluding hydrogens is 260 g/mol. The monoisotopic (exact) mass is 280 g/mol. The van der Waals surface area contributed by atoms with Gasteiger partial charge in [-0.05, 0) is 37.0 Å². The highest BCUT2D eigenvalue weighted by molar-refractivity contribution is 5.79. The lowest BCUT2D eigenvalue weighted by atomic mass is 9.94. The van der Waals surface area contributed by atoms with Gasteiger partial charge in [-0.25, -0.2) is 4.98 Å². The molecule has 0 bridgehead atoms. The van der Waals surface area contributed by atoms with Gasteiger partial charge >= 0.3 is 0 Å². The number of benzene rings is 1. The minimum atomic E-state index is 0.798. The van der Waals surface area contributed by atoms with E-state index in [9.17, 15) is 0 Å². The standard InChI is InChI=1S/C17H20N4/c1-2-13-7-10-20(11-8-13)16-9-12-21-15-6-4-3-5-14(15)18-17(21)19-16/h3-6,9,12-13H,2,7-8,10-11H2,1H3. The third-order valence-corrected chi connectivity index (χ3v) is 4.68. The zero-order valence-corrected chi connectivity index (χ0v) is 12.4. The number of hydrogen-bond donors (Lipinski definition) is 0. The summed E-state index contributed by atoms with van der Waals surface area (Å²) < 4.78 is 2.07. The summed E-state index contributed by atoms with van der Waals surface area (Å²) in [6.07, 6.45) is 5.95. The van der Waals surface area contributed by atoms with E-state index in [0.29, 0.717) is 0 Å². The number of nitrogens with zero attached hydrogens (tertiary/aromatic N) is 4. The number of hydrogen-bond acceptors (Lipinski definition) is 3. The van der Waals surface area contributed by atoms with E-state index < -0.39 is 0 Å². The Morgan fingerprint density at radius 2 is 1.90 bits per heavy atom. The van der Waals surface area contributed by atoms with E-state index in [1.165, 1.54) is 19.3 Å². The summed E-state index contributed by atoms with van der Waals surface area (Å²) in [6, 6.07) is 10.3. The van der Waals surface area contributed by atoms with Crippen molar-refractivity contribution in [3.8, 4) is 0 Å². The molecule has 1 fully saturated rings. The molecule has 0 aliphatic carbocycles. The van der Waals surface area contributed by atoms with Crippen LogP contribution in [0.15, 0.2) is 36.5 Å². The van der Waals surface area contributed by atoms with Gasteiger partial charge in [0.15, 0.2) is 0 Å². The fraction of sp³-hybridized carbons (Fsp3) is 0.412. The van der Waals surface area contributed by atoms with Gasteiger partial charge in [0.05, 0.1) is 11.0 Å². The lowest BCUT2D eigenvalue weighted by molar-refractivity contribution is 0.394. The number of imidazole rings is 1. The third kappa shape index (κ3) is 2.15. The lowest BCUT2D eigenvalue weighted by Crippen LogP contribution is -2.34. The number of piperidine rings is 1. The molecule has 4 nitrogen and oxygen atoms in total. The van der Waals surface area contributed by atoms with Crippen molar-refractivity contribution in [2.45, 2.75) is 26.2 Å². The molecule has 3 aromatic rings. The Labute approximate surface area is 124 Å². The zero-order valence-electron chi connectivity index (χ0n) is 12.4. The molecule has 4 rings (SSSR count). The van der Waals surface area contributed by atoms with Gasteiger partial charge in [-0.2, -0.15) is 4.98 Å². The largest absolute Gasteiger partial charge is 0.356 e. The van der Waals surface area contributed by atoms with Gasteiger partial charge in [-0.1, -0.05) is 25.5 Å². The number of aromatic nitrogens is 3. The summed E-state index contributed by atoms with van der Waals surface area (Å²) in [6.45, 7) is 4.52. The van der Waals surface area contributed by atoms with Gasteiger partial charge in [0.25, 0.3) is 0 Å². The van der Waals surface area contributed by atoms with Crippen molar-refractivity contribution in [3.05, 3.63) is 36.5 Å². The van der Waals surface area contributed by atoms with Crippen LogP contribution in [-0.2, 0) is 0 Å². The van der Waals surface area contributed by atoms with Crippen LogP contribution in [0.25, 0.3) is 16.8 Å². The molecule has 4 heteroatoms. The van der Waals surface area contributed by atoms with Gasteiger partial charge in [-0.3, -0.25) is 4.40 Å². The van der Waals surface area contributed by atoms with Crippen molar-refractivity contribution in [1.82, 2.24) is 14.4 Å². The first kappa shape index (κ1) is 12.6. The maximum atomic E-state index is 4.76. The average Bonchev–Trinajstić information content (AvgIpc) is 2.92. The summed E-state index contributed by atoms with van der Waals surface area (Å²) >= 11 is 0. The van der Waals surface area contributed by atoms with Crippen molar-refractivity contribution >= 4 is 22.6 Å². The van der Waals surface area contributed by atoms with Gasteiger partial charge in [-0.15, -0.1) is 0 Å². The average molecular weight is 280 g/mol. The fourth-order valence-corrected chi connectivity index (χ4v) is 3.28. The zero-order chi connectivity index (χ0) is 14.2. The summed E-state index contributed by atoms with van der Waals surface area (Å²) in [4.78, 5) is 11.8. The Morgan fingerprint density at radius 1 is 1.10 bits per heavy atom. The van der Waals surface area contributed by atoms with Crippen molar-refractivity contribution in [1.29, 1.82) is 0 Å². The van der Waals surface area contributed by atoms with Gasteiger partial charge in [0, 0.05) is 19.3 Å². The van der Waals surface area contributed by atoms with E-state index in [4.69, 9.17) is 4.98 Å². The predicted octanol–water partition coefficient (Wildman–Crippen LogP) is 3.51. The summed E-state index contributed by atoms with van der Waals surface area (Å²) in [5, 5.41) is 0. The van der Waals surface area contributed by atoms with E-state index >= 15 is 0 Å². The van der Waals surface area contributed by atoms with Crippen LogP contribution in [0, 0.1) is 5.92 Å². The molecule has 3 heterocycles. The molecule has 0 N–H and O–H groups in total. The van der Waals surface area contributed by atoms with E-state index in [-0.39, 0.29) is 0 Å². The van der Waals surface area contributed by atoms with Crippen LogP contribution in [0.4, 0.5) is 5.82 Å². The van der Waals surface area contributed by atoms with Crippen LogP contribution in [0.5, 0.6) is 0 Å². The van der Waals surface area contributed by atoms with Crippen LogP contribution in [-0.4, -0.2) is 27.5 Å². The highest BCUT2D eigenvalue weighted by Crippen LogP contribution is 2.24. The van der Waals surface area contributed by atoms with Crippen LogP contribution >= 0.6 is 0 Å². The Bertz CT molecular complexity index is 769.